The second-order valence-corrected chi connectivity index (χ2v) is 7.88. The van der Waals surface area contributed by atoms with E-state index in [0.29, 0.717) is 22.9 Å². The van der Waals surface area contributed by atoms with Gasteiger partial charge in [0.05, 0.1) is 5.69 Å². The van der Waals surface area contributed by atoms with Gasteiger partial charge in [0.25, 0.3) is 0 Å². The van der Waals surface area contributed by atoms with E-state index in [1.807, 2.05) is 20.8 Å². The van der Waals surface area contributed by atoms with Crippen LogP contribution < -0.4 is 4.74 Å². The minimum atomic E-state index is -4.89. The lowest BCUT2D eigenvalue weighted by atomic mass is 9.70. The van der Waals surface area contributed by atoms with Crippen LogP contribution in [0.5, 0.6) is 5.75 Å². The van der Waals surface area contributed by atoms with E-state index in [1.165, 1.54) is 18.6 Å². The Morgan fingerprint density at radius 1 is 0.903 bits per heavy atom. The SMILES string of the molecule is COC(c1cncnc1)(c1ccc(-c2ccc(OC(F)(F)F)cc2F)cn1)C(C)(C)C. The van der Waals surface area contributed by atoms with Crippen LogP contribution in [0.25, 0.3) is 11.1 Å². The van der Waals surface area contributed by atoms with Crippen molar-refractivity contribution in [2.75, 3.05) is 7.11 Å². The molecule has 1 atom stereocenters. The third-order valence-electron chi connectivity index (χ3n) is 4.94. The van der Waals surface area contributed by atoms with Gasteiger partial charge in [0.15, 0.2) is 0 Å². The molecule has 31 heavy (non-hydrogen) atoms. The van der Waals surface area contributed by atoms with E-state index in [9.17, 15) is 17.6 Å². The molecule has 3 aromatic rings. The highest BCUT2D eigenvalue weighted by atomic mass is 19.4. The van der Waals surface area contributed by atoms with Crippen molar-refractivity contribution in [1.29, 1.82) is 0 Å². The number of pyridine rings is 1. The summed E-state index contributed by atoms with van der Waals surface area (Å²) in [6, 6.07) is 6.28. The van der Waals surface area contributed by atoms with E-state index < -0.39 is 28.9 Å². The lowest BCUT2D eigenvalue weighted by molar-refractivity contribution is -0.274. The van der Waals surface area contributed by atoms with Crippen molar-refractivity contribution in [3.63, 3.8) is 0 Å². The van der Waals surface area contributed by atoms with Crippen molar-refractivity contribution in [1.82, 2.24) is 15.0 Å². The Morgan fingerprint density at radius 2 is 1.58 bits per heavy atom. The van der Waals surface area contributed by atoms with Gasteiger partial charge in [0.1, 0.15) is 23.5 Å². The fourth-order valence-corrected chi connectivity index (χ4v) is 3.66. The minimum absolute atomic E-state index is 0.0930. The van der Waals surface area contributed by atoms with Crippen LogP contribution in [0, 0.1) is 11.2 Å². The fourth-order valence-electron chi connectivity index (χ4n) is 3.66. The monoisotopic (exact) mass is 435 g/mol. The van der Waals surface area contributed by atoms with E-state index in [0.717, 1.165) is 6.07 Å². The van der Waals surface area contributed by atoms with Gasteiger partial charge in [-0.1, -0.05) is 26.8 Å². The number of ether oxygens (including phenoxy) is 2. The first-order valence-corrected chi connectivity index (χ1v) is 9.31. The molecule has 0 radical (unpaired) electrons. The maximum Gasteiger partial charge on any atom is 0.573 e. The third-order valence-corrected chi connectivity index (χ3v) is 4.94. The fraction of sp³-hybridized carbons (Fsp3) is 0.318. The Balaban J connectivity index is 2.02. The zero-order valence-electron chi connectivity index (χ0n) is 17.4. The van der Waals surface area contributed by atoms with Crippen LogP contribution in [0.4, 0.5) is 17.6 Å². The summed E-state index contributed by atoms with van der Waals surface area (Å²) in [6.45, 7) is 5.95. The number of methoxy groups -OCH3 is 1. The smallest absolute Gasteiger partial charge is 0.406 e. The van der Waals surface area contributed by atoms with Crippen molar-refractivity contribution in [2.45, 2.75) is 32.7 Å². The largest absolute Gasteiger partial charge is 0.573 e. The Morgan fingerprint density at radius 3 is 2.06 bits per heavy atom. The molecular weight excluding hydrogens is 414 g/mol. The first-order chi connectivity index (χ1) is 14.5. The molecule has 1 unspecified atom stereocenters. The topological polar surface area (TPSA) is 57.1 Å². The van der Waals surface area contributed by atoms with Gasteiger partial charge in [-0.25, -0.2) is 14.4 Å². The highest BCUT2D eigenvalue weighted by molar-refractivity contribution is 5.64. The number of alkyl halides is 3. The molecule has 3 rings (SSSR count). The number of hydrogen-bond donors (Lipinski definition) is 0. The first-order valence-electron chi connectivity index (χ1n) is 9.31. The summed E-state index contributed by atoms with van der Waals surface area (Å²) < 4.78 is 61.2. The highest BCUT2D eigenvalue weighted by Crippen LogP contribution is 2.46. The van der Waals surface area contributed by atoms with E-state index in [1.54, 1.807) is 31.6 Å². The molecule has 9 heteroatoms. The molecule has 0 N–H and O–H groups in total. The lowest BCUT2D eigenvalue weighted by Crippen LogP contribution is -2.44. The summed E-state index contributed by atoms with van der Waals surface area (Å²) in [5.74, 6) is -1.49. The van der Waals surface area contributed by atoms with Gasteiger partial charge >= 0.3 is 6.36 Å². The van der Waals surface area contributed by atoms with Gasteiger partial charge in [-0.2, -0.15) is 0 Å². The van der Waals surface area contributed by atoms with Crippen LogP contribution >= 0.6 is 0 Å². The van der Waals surface area contributed by atoms with Gasteiger partial charge in [0, 0.05) is 53.9 Å². The van der Waals surface area contributed by atoms with E-state index >= 15 is 0 Å². The van der Waals surface area contributed by atoms with Crippen LogP contribution in [0.3, 0.4) is 0 Å². The zero-order valence-corrected chi connectivity index (χ0v) is 17.4. The maximum absolute atomic E-state index is 14.4. The van der Waals surface area contributed by atoms with Crippen molar-refractivity contribution in [3.8, 4) is 16.9 Å². The molecule has 5 nitrogen and oxygen atoms in total. The Bertz CT molecular complexity index is 1040. The van der Waals surface area contributed by atoms with E-state index in [2.05, 4.69) is 19.7 Å². The summed E-state index contributed by atoms with van der Waals surface area (Å²) in [5, 5.41) is 0. The molecule has 0 saturated carbocycles. The molecule has 2 aromatic heterocycles. The summed E-state index contributed by atoms with van der Waals surface area (Å²) >= 11 is 0. The standard InChI is InChI=1S/C22H21F4N3O2/c1-20(2,3)21(30-4,15-11-27-13-28-12-15)19-8-5-14(10-29-19)17-7-6-16(9-18(17)23)31-22(24,25)26/h5-13H,1-4H3. The van der Waals surface area contributed by atoms with Gasteiger partial charge in [-0.05, 0) is 18.2 Å². The summed E-state index contributed by atoms with van der Waals surface area (Å²) in [6.07, 6.45) is 1.26. The van der Waals surface area contributed by atoms with Crippen molar-refractivity contribution in [3.05, 3.63) is 72.3 Å². The molecule has 0 fully saturated rings. The lowest BCUT2D eigenvalue weighted by Gasteiger charge is -2.43. The average Bonchev–Trinajstić information content (AvgIpc) is 2.68. The Kier molecular flexibility index (Phi) is 6.00. The number of halogens is 4. The molecule has 0 aliphatic carbocycles. The maximum atomic E-state index is 14.4. The normalized spacial score (nSPS) is 14.2. The Hall–Kier alpha value is -3.07. The van der Waals surface area contributed by atoms with Crippen molar-refractivity contribution >= 4 is 0 Å². The molecular formula is C22H21F4N3O2. The summed E-state index contributed by atoms with van der Waals surface area (Å²) in [5.41, 5.74) is 0.292. The van der Waals surface area contributed by atoms with Crippen LogP contribution in [-0.2, 0) is 10.3 Å². The zero-order chi connectivity index (χ0) is 22.9. The third kappa shape index (κ3) is 4.51. The molecule has 0 aliphatic heterocycles. The quantitative estimate of drug-likeness (QED) is 0.495. The van der Waals surface area contributed by atoms with Gasteiger partial charge < -0.3 is 9.47 Å². The van der Waals surface area contributed by atoms with E-state index in [4.69, 9.17) is 4.74 Å². The number of nitrogens with zero attached hydrogens (tertiary/aromatic N) is 3. The predicted octanol–water partition coefficient (Wildman–Crippen LogP) is 5.51. The molecule has 164 valence electrons. The van der Waals surface area contributed by atoms with Gasteiger partial charge in [-0.3, -0.25) is 4.98 Å². The molecule has 0 aliphatic rings. The number of hydrogen-bond acceptors (Lipinski definition) is 5. The second-order valence-electron chi connectivity index (χ2n) is 7.88. The molecule has 1 aromatic carbocycles. The van der Waals surface area contributed by atoms with Gasteiger partial charge in [0.2, 0.25) is 0 Å². The van der Waals surface area contributed by atoms with Crippen LogP contribution in [0.1, 0.15) is 32.0 Å². The number of rotatable bonds is 5. The molecule has 2 heterocycles. The van der Waals surface area contributed by atoms with Gasteiger partial charge in [-0.15, -0.1) is 13.2 Å². The van der Waals surface area contributed by atoms with Crippen molar-refractivity contribution in [2.24, 2.45) is 5.41 Å². The minimum Gasteiger partial charge on any atom is -0.406 e. The molecule has 0 saturated heterocycles. The molecule has 0 spiro atoms. The van der Waals surface area contributed by atoms with Crippen LogP contribution in [0.15, 0.2) is 55.2 Å². The summed E-state index contributed by atoms with van der Waals surface area (Å²) in [4.78, 5) is 12.7. The first kappa shape index (κ1) is 22.6. The summed E-state index contributed by atoms with van der Waals surface area (Å²) in [7, 11) is 1.56. The van der Waals surface area contributed by atoms with E-state index in [-0.39, 0.29) is 5.56 Å². The second kappa shape index (κ2) is 8.22. The molecule has 0 bridgehead atoms. The van der Waals surface area contributed by atoms with Crippen LogP contribution in [-0.4, -0.2) is 28.4 Å². The average molecular weight is 435 g/mol. The Labute approximate surface area is 177 Å². The highest BCUT2D eigenvalue weighted by Gasteiger charge is 2.47. The van der Waals surface area contributed by atoms with Crippen LogP contribution in [0.2, 0.25) is 0 Å². The number of benzene rings is 1. The van der Waals surface area contributed by atoms with Crippen molar-refractivity contribution < 1.29 is 27.0 Å². The predicted molar refractivity (Wildman–Crippen MR) is 106 cm³/mol. The molecule has 0 amide bonds. The number of aromatic nitrogens is 3.